The van der Waals surface area contributed by atoms with Crippen LogP contribution in [0.2, 0.25) is 0 Å². The van der Waals surface area contributed by atoms with Crippen molar-refractivity contribution >= 4 is 34.8 Å². The molecule has 2 unspecified atom stereocenters. The van der Waals surface area contributed by atoms with E-state index < -0.39 is 5.97 Å². The van der Waals surface area contributed by atoms with E-state index >= 15 is 0 Å². The number of aromatic nitrogens is 1. The molecule has 7 heteroatoms. The van der Waals surface area contributed by atoms with E-state index in [2.05, 4.69) is 20.9 Å². The van der Waals surface area contributed by atoms with Gasteiger partial charge >= 0.3 is 5.97 Å². The van der Waals surface area contributed by atoms with Crippen LogP contribution in [0.1, 0.15) is 53.5 Å². The van der Waals surface area contributed by atoms with Crippen molar-refractivity contribution in [1.29, 1.82) is 0 Å². The molecule has 1 heterocycles. The number of pyridine rings is 1. The first-order valence-electron chi connectivity index (χ1n) is 13.2. The fourth-order valence-electron chi connectivity index (χ4n) is 6.07. The molecule has 1 amide bonds. The second-order valence-corrected chi connectivity index (χ2v) is 10.6. The van der Waals surface area contributed by atoms with Gasteiger partial charge in [-0.25, -0.2) is 9.78 Å². The van der Waals surface area contributed by atoms with E-state index in [1.165, 1.54) is 25.7 Å². The molecule has 3 fully saturated rings. The summed E-state index contributed by atoms with van der Waals surface area (Å²) in [6.45, 7) is 2.87. The minimum absolute atomic E-state index is 0.00560. The zero-order valence-corrected chi connectivity index (χ0v) is 21.0. The lowest BCUT2D eigenvalue weighted by Crippen LogP contribution is -2.30. The van der Waals surface area contributed by atoms with Gasteiger partial charge in [-0.05, 0) is 116 Å². The van der Waals surface area contributed by atoms with Crippen molar-refractivity contribution in [1.82, 2.24) is 10.3 Å². The molecule has 190 valence electrons. The Morgan fingerprint density at radius 1 is 0.892 bits per heavy atom. The highest BCUT2D eigenvalue weighted by atomic mass is 16.5. The Labute approximate surface area is 217 Å². The lowest BCUT2D eigenvalue weighted by Gasteiger charge is -2.21. The fraction of sp³-hybridized carbons (Fsp3) is 0.367. The van der Waals surface area contributed by atoms with Gasteiger partial charge in [-0.15, -0.1) is 0 Å². The normalized spacial score (nSPS) is 24.7. The van der Waals surface area contributed by atoms with Crippen LogP contribution in [0.3, 0.4) is 0 Å². The molecule has 7 nitrogen and oxygen atoms in total. The molecule has 3 saturated carbocycles. The summed E-state index contributed by atoms with van der Waals surface area (Å²) in [5.74, 6) is 2.67. The van der Waals surface area contributed by atoms with Crippen molar-refractivity contribution < 1.29 is 14.3 Å². The van der Waals surface area contributed by atoms with Gasteiger partial charge in [0.05, 0.1) is 6.61 Å². The van der Waals surface area contributed by atoms with Crippen molar-refractivity contribution in [2.75, 3.05) is 23.8 Å². The van der Waals surface area contributed by atoms with Gasteiger partial charge in [-0.3, -0.25) is 4.79 Å². The maximum Gasteiger partial charge on any atom is 0.356 e. The lowest BCUT2D eigenvalue weighted by atomic mass is 9.89. The molecule has 6 rings (SSSR count). The third kappa shape index (κ3) is 5.03. The Balaban J connectivity index is 0.997. The summed E-state index contributed by atoms with van der Waals surface area (Å²) in [5, 5.41) is 9.73. The predicted octanol–water partition coefficient (Wildman–Crippen LogP) is 5.91. The molecule has 0 bridgehead atoms. The average Bonchev–Trinajstić information content (AvgIpc) is 3.81. The van der Waals surface area contributed by atoms with Gasteiger partial charge in [-0.2, -0.15) is 0 Å². The maximum absolute atomic E-state index is 12.6. The molecule has 3 aliphatic rings. The second-order valence-electron chi connectivity index (χ2n) is 10.6. The number of rotatable bonds is 9. The summed E-state index contributed by atoms with van der Waals surface area (Å²) in [7, 11) is 0. The Hall–Kier alpha value is -3.87. The number of ether oxygens (including phenoxy) is 1. The molecule has 3 aliphatic carbocycles. The van der Waals surface area contributed by atoms with E-state index in [1.54, 1.807) is 25.1 Å². The molecule has 2 aromatic carbocycles. The van der Waals surface area contributed by atoms with Gasteiger partial charge in [-0.1, -0.05) is 6.07 Å². The highest BCUT2D eigenvalue weighted by Crippen LogP contribution is 2.80. The number of carbonyl (C=O) groups is 2. The quantitative estimate of drug-likeness (QED) is 0.319. The van der Waals surface area contributed by atoms with Crippen molar-refractivity contribution in [3.63, 3.8) is 0 Å². The third-order valence-electron chi connectivity index (χ3n) is 8.17. The van der Waals surface area contributed by atoms with Crippen molar-refractivity contribution in [2.45, 2.75) is 32.6 Å². The number of hydrogen-bond donors (Lipinski definition) is 3. The molecule has 2 atom stereocenters. The monoisotopic (exact) mass is 496 g/mol. The number of amides is 1. The summed E-state index contributed by atoms with van der Waals surface area (Å²) >= 11 is 0. The van der Waals surface area contributed by atoms with E-state index in [9.17, 15) is 9.59 Å². The zero-order valence-electron chi connectivity index (χ0n) is 21.0. The smallest absolute Gasteiger partial charge is 0.356 e. The van der Waals surface area contributed by atoms with Crippen LogP contribution in [0.25, 0.3) is 0 Å². The first-order chi connectivity index (χ1) is 18.0. The van der Waals surface area contributed by atoms with Crippen LogP contribution < -0.4 is 16.0 Å². The van der Waals surface area contributed by atoms with E-state index in [0.717, 1.165) is 40.9 Å². The SMILES string of the molecule is CCOC(=O)c1cccc(Nc2ccc(Nc3ccc(C(=O)NCC4CC5CC56CC6C4)cc3)cc2)n1. The summed E-state index contributed by atoms with van der Waals surface area (Å²) in [4.78, 5) is 28.9. The molecule has 3 N–H and O–H groups in total. The molecule has 0 saturated heterocycles. The van der Waals surface area contributed by atoms with Gasteiger partial charge in [0, 0.05) is 29.2 Å². The van der Waals surface area contributed by atoms with Crippen LogP contribution >= 0.6 is 0 Å². The van der Waals surface area contributed by atoms with Gasteiger partial charge in [0.1, 0.15) is 5.82 Å². The Bertz CT molecular complexity index is 1290. The van der Waals surface area contributed by atoms with Crippen molar-refractivity contribution in [3.8, 4) is 0 Å². The minimum Gasteiger partial charge on any atom is -0.461 e. The first kappa shape index (κ1) is 23.5. The van der Waals surface area contributed by atoms with Crippen molar-refractivity contribution in [2.24, 2.45) is 23.2 Å². The number of hydrogen-bond acceptors (Lipinski definition) is 6. The van der Waals surface area contributed by atoms with Gasteiger partial charge in [0.25, 0.3) is 5.91 Å². The number of carbonyl (C=O) groups excluding carboxylic acids is 2. The van der Waals surface area contributed by atoms with Gasteiger partial charge in [0.2, 0.25) is 0 Å². The molecular formula is C30H32N4O3. The molecule has 1 spiro atoms. The van der Waals surface area contributed by atoms with Crippen molar-refractivity contribution in [3.05, 3.63) is 78.0 Å². The van der Waals surface area contributed by atoms with Crippen LogP contribution in [-0.2, 0) is 4.74 Å². The second kappa shape index (κ2) is 9.54. The van der Waals surface area contributed by atoms with Gasteiger partial charge in [0.15, 0.2) is 5.69 Å². The van der Waals surface area contributed by atoms with E-state index in [4.69, 9.17) is 4.74 Å². The van der Waals surface area contributed by atoms with Crippen LogP contribution in [0, 0.1) is 23.2 Å². The summed E-state index contributed by atoms with van der Waals surface area (Å²) in [6, 6.07) is 20.5. The summed E-state index contributed by atoms with van der Waals surface area (Å²) < 4.78 is 5.01. The zero-order chi connectivity index (χ0) is 25.4. The van der Waals surface area contributed by atoms with Crippen LogP contribution in [-0.4, -0.2) is 30.0 Å². The molecule has 37 heavy (non-hydrogen) atoms. The number of benzene rings is 2. The van der Waals surface area contributed by atoms with E-state index in [1.807, 2.05) is 48.5 Å². The van der Waals surface area contributed by atoms with E-state index in [-0.39, 0.29) is 11.6 Å². The predicted molar refractivity (Wildman–Crippen MR) is 143 cm³/mol. The average molecular weight is 497 g/mol. The standard InChI is InChI=1S/C30H32N4O3/c1-2-37-29(36)26-4-3-5-27(34-26)33-25-12-10-24(11-13-25)32-23-8-6-20(7-9-23)28(35)31-18-19-14-21-16-30(21)17-22(30)15-19/h3-13,19,21-22,32H,2,14-18H2,1H3,(H,31,35)(H,33,34). The number of esters is 1. The first-order valence-corrected chi connectivity index (χ1v) is 13.2. The number of nitrogens with one attached hydrogen (secondary N) is 3. The highest BCUT2D eigenvalue weighted by molar-refractivity contribution is 5.94. The van der Waals surface area contributed by atoms with Crippen LogP contribution in [0.4, 0.5) is 22.9 Å². The molecular weight excluding hydrogens is 464 g/mol. The topological polar surface area (TPSA) is 92.4 Å². The summed E-state index contributed by atoms with van der Waals surface area (Å²) in [6.07, 6.45) is 5.48. The third-order valence-corrected chi connectivity index (χ3v) is 8.17. The Morgan fingerprint density at radius 2 is 1.51 bits per heavy atom. The van der Waals surface area contributed by atoms with Gasteiger partial charge < -0.3 is 20.7 Å². The minimum atomic E-state index is -0.439. The van der Waals surface area contributed by atoms with Crippen LogP contribution in [0.15, 0.2) is 66.7 Å². The summed E-state index contributed by atoms with van der Waals surface area (Å²) in [5.41, 5.74) is 4.40. The van der Waals surface area contributed by atoms with E-state index in [0.29, 0.717) is 23.9 Å². The van der Waals surface area contributed by atoms with Crippen LogP contribution in [0.5, 0.6) is 0 Å². The fourth-order valence-corrected chi connectivity index (χ4v) is 6.07. The molecule has 0 radical (unpaired) electrons. The molecule has 3 aromatic rings. The maximum atomic E-state index is 12.6. The highest BCUT2D eigenvalue weighted by Gasteiger charge is 2.71. The lowest BCUT2D eigenvalue weighted by molar-refractivity contribution is 0.0519. The molecule has 0 aliphatic heterocycles. The molecule has 1 aromatic heterocycles. The number of anilines is 4. The number of nitrogens with zero attached hydrogens (tertiary/aromatic N) is 1. The largest absolute Gasteiger partial charge is 0.461 e. The Morgan fingerprint density at radius 3 is 2.16 bits per heavy atom. The Kier molecular flexibility index (Phi) is 6.07.